The summed E-state index contributed by atoms with van der Waals surface area (Å²) in [5.41, 5.74) is 0.891. The zero-order valence-corrected chi connectivity index (χ0v) is 9.52. The van der Waals surface area contributed by atoms with Crippen LogP contribution >= 0.6 is 15.9 Å². The minimum atomic E-state index is 0.440. The van der Waals surface area contributed by atoms with Gasteiger partial charge in [0.15, 0.2) is 0 Å². The second-order valence-electron chi connectivity index (χ2n) is 2.92. The van der Waals surface area contributed by atoms with Gasteiger partial charge in [-0.3, -0.25) is 4.98 Å². The second kappa shape index (κ2) is 4.89. The first-order valence-corrected chi connectivity index (χ1v) is 5.28. The van der Waals surface area contributed by atoms with Crippen molar-refractivity contribution in [1.29, 1.82) is 0 Å². The molecule has 15 heavy (non-hydrogen) atoms. The van der Waals surface area contributed by atoms with Crippen molar-refractivity contribution < 1.29 is 4.74 Å². The molecule has 0 atom stereocenters. The zero-order valence-electron chi connectivity index (χ0n) is 7.93. The third kappa shape index (κ3) is 3.02. The molecule has 0 unspecified atom stereocenters. The Hall–Kier alpha value is -1.42. The third-order valence-electron chi connectivity index (χ3n) is 1.79. The Balaban J connectivity index is 1.96. The normalized spacial score (nSPS) is 9.93. The van der Waals surface area contributed by atoms with Crippen molar-refractivity contribution in [2.75, 3.05) is 0 Å². The maximum Gasteiger partial charge on any atom is 0.213 e. The summed E-state index contributed by atoms with van der Waals surface area (Å²) in [4.78, 5) is 8.25. The van der Waals surface area contributed by atoms with Gasteiger partial charge in [-0.15, -0.1) is 0 Å². The average molecular weight is 265 g/mol. The molecular formula is C11H9BrN2O. The maximum absolute atomic E-state index is 5.45. The van der Waals surface area contributed by atoms with Crippen LogP contribution in [0.5, 0.6) is 5.88 Å². The second-order valence-corrected chi connectivity index (χ2v) is 3.84. The van der Waals surface area contributed by atoms with E-state index in [4.69, 9.17) is 4.74 Å². The van der Waals surface area contributed by atoms with Crippen LogP contribution in [0, 0.1) is 0 Å². The summed E-state index contributed by atoms with van der Waals surface area (Å²) in [6, 6.07) is 9.43. The van der Waals surface area contributed by atoms with Gasteiger partial charge in [0.05, 0.1) is 5.69 Å². The van der Waals surface area contributed by atoms with Crippen molar-refractivity contribution >= 4 is 15.9 Å². The van der Waals surface area contributed by atoms with Crippen LogP contribution in [0.25, 0.3) is 0 Å². The molecule has 0 spiro atoms. The van der Waals surface area contributed by atoms with Gasteiger partial charge in [-0.2, -0.15) is 0 Å². The Morgan fingerprint density at radius 2 is 2.07 bits per heavy atom. The van der Waals surface area contributed by atoms with Gasteiger partial charge in [0.2, 0.25) is 5.88 Å². The summed E-state index contributed by atoms with van der Waals surface area (Å²) in [5, 5.41) is 0. The standard InChI is InChI=1S/C11H9BrN2O/c12-9-4-5-11(14-7-9)15-8-10-3-1-2-6-13-10/h1-7H,8H2. The highest BCUT2D eigenvalue weighted by atomic mass is 79.9. The fraction of sp³-hybridized carbons (Fsp3) is 0.0909. The van der Waals surface area contributed by atoms with Gasteiger partial charge in [0, 0.05) is 22.9 Å². The van der Waals surface area contributed by atoms with Crippen molar-refractivity contribution in [2.24, 2.45) is 0 Å². The first kappa shape index (κ1) is 10.1. The SMILES string of the molecule is Brc1ccc(OCc2ccccn2)nc1. The van der Waals surface area contributed by atoms with Crippen LogP contribution in [0.4, 0.5) is 0 Å². The topological polar surface area (TPSA) is 35.0 Å². The van der Waals surface area contributed by atoms with E-state index in [1.54, 1.807) is 12.4 Å². The average Bonchev–Trinajstić information content (AvgIpc) is 2.30. The lowest BCUT2D eigenvalue weighted by molar-refractivity contribution is 0.289. The van der Waals surface area contributed by atoms with Gasteiger partial charge in [-0.25, -0.2) is 4.98 Å². The van der Waals surface area contributed by atoms with E-state index in [0.29, 0.717) is 12.5 Å². The van der Waals surface area contributed by atoms with Crippen LogP contribution in [0.3, 0.4) is 0 Å². The molecule has 0 aliphatic rings. The Morgan fingerprint density at radius 1 is 1.13 bits per heavy atom. The number of nitrogens with zero attached hydrogens (tertiary/aromatic N) is 2. The van der Waals surface area contributed by atoms with Crippen molar-refractivity contribution in [3.63, 3.8) is 0 Å². The molecule has 0 aliphatic heterocycles. The number of ether oxygens (including phenoxy) is 1. The van der Waals surface area contributed by atoms with Crippen LogP contribution < -0.4 is 4.74 Å². The molecule has 0 saturated carbocycles. The number of hydrogen-bond donors (Lipinski definition) is 0. The lowest BCUT2D eigenvalue weighted by atomic mass is 10.4. The monoisotopic (exact) mass is 264 g/mol. The van der Waals surface area contributed by atoms with Crippen LogP contribution in [0.2, 0.25) is 0 Å². The number of aromatic nitrogens is 2. The van der Waals surface area contributed by atoms with Crippen molar-refractivity contribution in [1.82, 2.24) is 9.97 Å². The summed E-state index contributed by atoms with van der Waals surface area (Å²) in [5.74, 6) is 0.601. The number of pyridine rings is 2. The zero-order chi connectivity index (χ0) is 10.5. The van der Waals surface area contributed by atoms with Gasteiger partial charge in [0.1, 0.15) is 6.61 Å². The Labute approximate surface area is 96.3 Å². The van der Waals surface area contributed by atoms with Crippen LogP contribution in [-0.2, 0) is 6.61 Å². The fourth-order valence-electron chi connectivity index (χ4n) is 1.08. The molecule has 0 aromatic carbocycles. The first-order valence-electron chi connectivity index (χ1n) is 4.49. The molecule has 76 valence electrons. The molecule has 0 aliphatic carbocycles. The molecule has 2 aromatic heterocycles. The number of rotatable bonds is 3. The predicted molar refractivity (Wildman–Crippen MR) is 60.5 cm³/mol. The summed E-state index contributed by atoms with van der Waals surface area (Å²) in [7, 11) is 0. The molecule has 4 heteroatoms. The molecule has 0 fully saturated rings. The highest BCUT2D eigenvalue weighted by Gasteiger charge is 1.97. The van der Waals surface area contributed by atoms with E-state index < -0.39 is 0 Å². The van der Waals surface area contributed by atoms with E-state index in [1.807, 2.05) is 30.3 Å². The summed E-state index contributed by atoms with van der Waals surface area (Å²) >= 11 is 3.31. The quantitative estimate of drug-likeness (QED) is 0.855. The summed E-state index contributed by atoms with van der Waals surface area (Å²) in [6.45, 7) is 0.440. The minimum absolute atomic E-state index is 0.440. The van der Waals surface area contributed by atoms with Crippen molar-refractivity contribution in [3.05, 3.63) is 52.9 Å². The highest BCUT2D eigenvalue weighted by Crippen LogP contribution is 2.13. The van der Waals surface area contributed by atoms with Crippen LogP contribution in [0.1, 0.15) is 5.69 Å². The molecule has 0 amide bonds. The third-order valence-corrected chi connectivity index (χ3v) is 2.26. The van der Waals surface area contributed by atoms with Crippen molar-refractivity contribution in [2.45, 2.75) is 6.61 Å². The highest BCUT2D eigenvalue weighted by molar-refractivity contribution is 9.10. The Bertz CT molecular complexity index is 416. The lowest BCUT2D eigenvalue weighted by Crippen LogP contribution is -1.98. The lowest BCUT2D eigenvalue weighted by Gasteiger charge is -2.03. The Morgan fingerprint density at radius 3 is 2.73 bits per heavy atom. The molecule has 0 radical (unpaired) electrons. The number of hydrogen-bond acceptors (Lipinski definition) is 3. The molecule has 0 bridgehead atoms. The molecular weight excluding hydrogens is 256 g/mol. The van der Waals surface area contributed by atoms with E-state index in [9.17, 15) is 0 Å². The number of halogens is 1. The van der Waals surface area contributed by atoms with Gasteiger partial charge in [-0.1, -0.05) is 6.07 Å². The van der Waals surface area contributed by atoms with Crippen molar-refractivity contribution in [3.8, 4) is 5.88 Å². The van der Waals surface area contributed by atoms with E-state index in [-0.39, 0.29) is 0 Å². The smallest absolute Gasteiger partial charge is 0.213 e. The van der Waals surface area contributed by atoms with E-state index in [1.165, 1.54) is 0 Å². The largest absolute Gasteiger partial charge is 0.471 e. The summed E-state index contributed by atoms with van der Waals surface area (Å²) < 4.78 is 6.39. The molecule has 0 N–H and O–H groups in total. The van der Waals surface area contributed by atoms with Gasteiger partial charge in [-0.05, 0) is 34.1 Å². The Kier molecular flexibility index (Phi) is 3.29. The first-order chi connectivity index (χ1) is 7.34. The van der Waals surface area contributed by atoms with Crippen LogP contribution in [-0.4, -0.2) is 9.97 Å². The van der Waals surface area contributed by atoms with E-state index >= 15 is 0 Å². The van der Waals surface area contributed by atoms with Gasteiger partial charge in [0.25, 0.3) is 0 Å². The minimum Gasteiger partial charge on any atom is -0.471 e. The maximum atomic E-state index is 5.45. The molecule has 3 nitrogen and oxygen atoms in total. The molecule has 2 rings (SSSR count). The van der Waals surface area contributed by atoms with Gasteiger partial charge >= 0.3 is 0 Å². The predicted octanol–water partition coefficient (Wildman–Crippen LogP) is 2.82. The van der Waals surface area contributed by atoms with E-state index in [0.717, 1.165) is 10.2 Å². The van der Waals surface area contributed by atoms with Gasteiger partial charge < -0.3 is 4.74 Å². The fourth-order valence-corrected chi connectivity index (χ4v) is 1.31. The van der Waals surface area contributed by atoms with Crippen LogP contribution in [0.15, 0.2) is 47.2 Å². The summed E-state index contributed by atoms with van der Waals surface area (Å²) in [6.07, 6.45) is 3.45. The molecule has 2 heterocycles. The molecule has 0 saturated heterocycles. The molecule has 2 aromatic rings. The van der Waals surface area contributed by atoms with E-state index in [2.05, 4.69) is 25.9 Å².